The minimum atomic E-state index is -0.130. The largest absolute Gasteiger partial charge is 0.381 e. The molecule has 1 N–H and O–H groups in total. The Hall–Kier alpha value is -1.36. The van der Waals surface area contributed by atoms with Crippen molar-refractivity contribution < 1.29 is 9.53 Å². The molecule has 1 unspecified atom stereocenters. The first kappa shape index (κ1) is 9.21. The van der Waals surface area contributed by atoms with E-state index in [0.29, 0.717) is 12.5 Å². The van der Waals surface area contributed by atoms with Crippen LogP contribution >= 0.6 is 0 Å². The lowest BCUT2D eigenvalue weighted by molar-refractivity contribution is 0.185. The molecule has 0 spiro atoms. The summed E-state index contributed by atoms with van der Waals surface area (Å²) in [6.45, 7) is 2.24. The predicted octanol–water partition coefficient (Wildman–Crippen LogP) is 0.477. The molecule has 1 aromatic heterocycles. The number of carbonyl (C=O) groups excluding carboxylic acids is 1. The Bertz CT molecular complexity index is 291. The van der Waals surface area contributed by atoms with Gasteiger partial charge >= 0.3 is 6.03 Å². The highest BCUT2D eigenvalue weighted by Crippen LogP contribution is 2.10. The van der Waals surface area contributed by atoms with Crippen molar-refractivity contribution in [3.63, 3.8) is 0 Å². The van der Waals surface area contributed by atoms with Crippen LogP contribution in [0.1, 0.15) is 6.42 Å². The fraction of sp³-hybridized carbons (Fsp3) is 0.556. The lowest BCUT2D eigenvalue weighted by atomic mass is 10.1. The van der Waals surface area contributed by atoms with E-state index in [0.717, 1.165) is 19.6 Å². The van der Waals surface area contributed by atoms with Crippen molar-refractivity contribution in [1.82, 2.24) is 14.9 Å². The first-order valence-corrected chi connectivity index (χ1v) is 4.70. The van der Waals surface area contributed by atoms with Crippen LogP contribution in [0, 0.1) is 5.92 Å². The van der Waals surface area contributed by atoms with Crippen molar-refractivity contribution >= 4 is 6.03 Å². The van der Waals surface area contributed by atoms with Gasteiger partial charge in [0.15, 0.2) is 0 Å². The SMILES string of the molecule is O=C(NCC1CCOC1)n1ccnc1. The van der Waals surface area contributed by atoms with E-state index in [4.69, 9.17) is 4.74 Å². The zero-order valence-electron chi connectivity index (χ0n) is 7.85. The Kier molecular flexibility index (Phi) is 2.78. The second kappa shape index (κ2) is 4.23. The first-order chi connectivity index (χ1) is 6.86. The van der Waals surface area contributed by atoms with Gasteiger partial charge in [-0.25, -0.2) is 9.78 Å². The van der Waals surface area contributed by atoms with Gasteiger partial charge in [0.2, 0.25) is 0 Å². The molecule has 14 heavy (non-hydrogen) atoms. The maximum absolute atomic E-state index is 11.4. The molecule has 5 heteroatoms. The molecular weight excluding hydrogens is 182 g/mol. The smallest absolute Gasteiger partial charge is 0.326 e. The Morgan fingerprint density at radius 3 is 3.29 bits per heavy atom. The van der Waals surface area contributed by atoms with Gasteiger partial charge in [-0.2, -0.15) is 0 Å². The number of hydrogen-bond donors (Lipinski definition) is 1. The minimum Gasteiger partial charge on any atom is -0.381 e. The fourth-order valence-corrected chi connectivity index (χ4v) is 1.45. The average molecular weight is 195 g/mol. The average Bonchev–Trinajstić information content (AvgIpc) is 2.87. The lowest BCUT2D eigenvalue weighted by Gasteiger charge is -2.08. The summed E-state index contributed by atoms with van der Waals surface area (Å²) in [5, 5.41) is 2.83. The van der Waals surface area contributed by atoms with E-state index in [1.165, 1.54) is 10.9 Å². The van der Waals surface area contributed by atoms with Crippen molar-refractivity contribution in [3.8, 4) is 0 Å². The van der Waals surface area contributed by atoms with Crippen LogP contribution in [0.2, 0.25) is 0 Å². The predicted molar refractivity (Wildman–Crippen MR) is 49.9 cm³/mol. The summed E-state index contributed by atoms with van der Waals surface area (Å²) in [4.78, 5) is 15.2. The third-order valence-corrected chi connectivity index (χ3v) is 2.30. The molecule has 0 aromatic carbocycles. The summed E-state index contributed by atoms with van der Waals surface area (Å²) in [6.07, 6.45) is 5.73. The molecule has 2 heterocycles. The number of aromatic nitrogens is 2. The van der Waals surface area contributed by atoms with Gasteiger partial charge in [0, 0.05) is 31.5 Å². The van der Waals surface area contributed by atoms with Gasteiger partial charge in [-0.3, -0.25) is 4.57 Å². The molecule has 0 bridgehead atoms. The highest BCUT2D eigenvalue weighted by atomic mass is 16.5. The molecule has 0 aliphatic carbocycles. The molecule has 0 saturated carbocycles. The first-order valence-electron chi connectivity index (χ1n) is 4.70. The molecule has 1 aliphatic heterocycles. The third kappa shape index (κ3) is 2.11. The van der Waals surface area contributed by atoms with Crippen LogP contribution in [0.25, 0.3) is 0 Å². The zero-order valence-corrected chi connectivity index (χ0v) is 7.85. The van der Waals surface area contributed by atoms with Crippen LogP contribution in [0.15, 0.2) is 18.7 Å². The van der Waals surface area contributed by atoms with E-state index in [2.05, 4.69) is 10.3 Å². The second-order valence-electron chi connectivity index (χ2n) is 3.39. The molecule has 5 nitrogen and oxygen atoms in total. The summed E-state index contributed by atoms with van der Waals surface area (Å²) >= 11 is 0. The van der Waals surface area contributed by atoms with Crippen molar-refractivity contribution in [1.29, 1.82) is 0 Å². The summed E-state index contributed by atoms with van der Waals surface area (Å²) in [6, 6.07) is -0.130. The summed E-state index contributed by atoms with van der Waals surface area (Å²) < 4.78 is 6.64. The molecule has 1 saturated heterocycles. The third-order valence-electron chi connectivity index (χ3n) is 2.30. The van der Waals surface area contributed by atoms with Crippen LogP contribution in [0.3, 0.4) is 0 Å². The number of nitrogens with zero attached hydrogens (tertiary/aromatic N) is 2. The number of hydrogen-bond acceptors (Lipinski definition) is 3. The molecule has 1 fully saturated rings. The molecule has 76 valence electrons. The number of ether oxygens (including phenoxy) is 1. The van der Waals surface area contributed by atoms with Gasteiger partial charge in [0.1, 0.15) is 6.33 Å². The standard InChI is InChI=1S/C9H13N3O2/c13-9(12-3-2-10-7-12)11-5-8-1-4-14-6-8/h2-3,7-8H,1,4-6H2,(H,11,13). The second-order valence-corrected chi connectivity index (χ2v) is 3.39. The van der Waals surface area contributed by atoms with Crippen LogP contribution in [0.5, 0.6) is 0 Å². The van der Waals surface area contributed by atoms with Crippen molar-refractivity contribution in [2.45, 2.75) is 6.42 Å². The molecule has 2 rings (SSSR count). The number of rotatable bonds is 2. The molecule has 1 atom stereocenters. The van der Waals surface area contributed by atoms with E-state index in [-0.39, 0.29) is 6.03 Å². The number of imidazole rings is 1. The van der Waals surface area contributed by atoms with Crippen molar-refractivity contribution in [2.24, 2.45) is 5.92 Å². The molecule has 1 aliphatic rings. The van der Waals surface area contributed by atoms with Gasteiger partial charge in [-0.15, -0.1) is 0 Å². The molecular formula is C9H13N3O2. The Balaban J connectivity index is 1.78. The fourth-order valence-electron chi connectivity index (χ4n) is 1.45. The van der Waals surface area contributed by atoms with Crippen LogP contribution < -0.4 is 5.32 Å². The monoisotopic (exact) mass is 195 g/mol. The van der Waals surface area contributed by atoms with Crippen molar-refractivity contribution in [3.05, 3.63) is 18.7 Å². The molecule has 1 amide bonds. The van der Waals surface area contributed by atoms with E-state index < -0.39 is 0 Å². The maximum Gasteiger partial charge on any atom is 0.326 e. The lowest BCUT2D eigenvalue weighted by Crippen LogP contribution is -2.32. The van der Waals surface area contributed by atoms with E-state index >= 15 is 0 Å². The van der Waals surface area contributed by atoms with Gasteiger partial charge in [-0.05, 0) is 6.42 Å². The summed E-state index contributed by atoms with van der Waals surface area (Å²) in [5.41, 5.74) is 0. The highest BCUT2D eigenvalue weighted by molar-refractivity contribution is 5.76. The van der Waals surface area contributed by atoms with E-state index in [1.807, 2.05) is 0 Å². The minimum absolute atomic E-state index is 0.130. The molecule has 0 radical (unpaired) electrons. The van der Waals surface area contributed by atoms with Gasteiger partial charge in [0.25, 0.3) is 0 Å². The zero-order chi connectivity index (χ0) is 9.80. The summed E-state index contributed by atoms with van der Waals surface area (Å²) in [5.74, 6) is 0.461. The van der Waals surface area contributed by atoms with E-state index in [9.17, 15) is 4.79 Å². The Morgan fingerprint density at radius 2 is 2.64 bits per heavy atom. The quantitative estimate of drug-likeness (QED) is 0.746. The van der Waals surface area contributed by atoms with Crippen LogP contribution in [-0.2, 0) is 4.74 Å². The number of carbonyl (C=O) groups is 1. The van der Waals surface area contributed by atoms with Crippen LogP contribution in [0.4, 0.5) is 4.79 Å². The van der Waals surface area contributed by atoms with E-state index in [1.54, 1.807) is 12.4 Å². The van der Waals surface area contributed by atoms with Gasteiger partial charge < -0.3 is 10.1 Å². The number of amides is 1. The maximum atomic E-state index is 11.4. The Labute approximate surface area is 82.1 Å². The topological polar surface area (TPSA) is 56.1 Å². The number of nitrogens with one attached hydrogen (secondary N) is 1. The summed E-state index contributed by atoms with van der Waals surface area (Å²) in [7, 11) is 0. The molecule has 1 aromatic rings. The van der Waals surface area contributed by atoms with Crippen molar-refractivity contribution in [2.75, 3.05) is 19.8 Å². The van der Waals surface area contributed by atoms with Gasteiger partial charge in [0.05, 0.1) is 6.61 Å². The highest BCUT2D eigenvalue weighted by Gasteiger charge is 2.16. The normalized spacial score (nSPS) is 21.0. The van der Waals surface area contributed by atoms with Gasteiger partial charge in [-0.1, -0.05) is 0 Å². The Morgan fingerprint density at radius 1 is 1.71 bits per heavy atom. The van der Waals surface area contributed by atoms with Crippen LogP contribution in [-0.4, -0.2) is 35.3 Å².